The second-order valence-electron chi connectivity index (χ2n) is 5.35. The normalized spacial score (nSPS) is 28.0. The molecule has 2 heterocycles. The third-order valence-electron chi connectivity index (χ3n) is 3.32. The highest BCUT2D eigenvalue weighted by molar-refractivity contribution is 8.00. The minimum absolute atomic E-state index is 0.0610. The number of nitrogens with one attached hydrogen (secondary N) is 1. The first-order chi connectivity index (χ1) is 10.3. The van der Waals surface area contributed by atoms with Crippen molar-refractivity contribution in [2.75, 3.05) is 6.61 Å². The van der Waals surface area contributed by atoms with Crippen LogP contribution in [0.3, 0.4) is 0 Å². The molecule has 0 amide bonds. The standard InChI is InChI=1S/C13H18N2O6S/c1-6(2)12(19)21-5-7-9(17)10(18)11(22-7)15-4-3-8(16)14-13(15)20/h3-4,6-7,9-11,17-18H,5H2,1-2H3,(H,14,16,20)/t7-,9?,10?,11-/m1/s1. The molecule has 1 aliphatic rings. The van der Waals surface area contributed by atoms with Gasteiger partial charge < -0.3 is 14.9 Å². The summed E-state index contributed by atoms with van der Waals surface area (Å²) in [5.74, 6) is -0.682. The van der Waals surface area contributed by atoms with Crippen molar-refractivity contribution in [3.63, 3.8) is 0 Å². The average molecular weight is 330 g/mol. The number of H-pyrrole nitrogens is 1. The van der Waals surface area contributed by atoms with Crippen molar-refractivity contribution >= 4 is 17.7 Å². The lowest BCUT2D eigenvalue weighted by molar-refractivity contribution is -0.148. The topological polar surface area (TPSA) is 122 Å². The van der Waals surface area contributed by atoms with Crippen molar-refractivity contribution in [2.45, 2.75) is 36.7 Å². The van der Waals surface area contributed by atoms with Crippen LogP contribution in [0.5, 0.6) is 0 Å². The lowest BCUT2D eigenvalue weighted by Gasteiger charge is -2.17. The summed E-state index contributed by atoms with van der Waals surface area (Å²) in [4.78, 5) is 36.4. The molecule has 0 aromatic carbocycles. The van der Waals surface area contributed by atoms with Crippen LogP contribution in [-0.4, -0.2) is 49.8 Å². The number of aromatic nitrogens is 2. The molecule has 1 aliphatic heterocycles. The third-order valence-corrected chi connectivity index (χ3v) is 4.87. The summed E-state index contributed by atoms with van der Waals surface area (Å²) in [5, 5.41) is 18.8. The molecule has 1 saturated heterocycles. The Morgan fingerprint density at radius 2 is 2.09 bits per heavy atom. The fraction of sp³-hybridized carbons (Fsp3) is 0.615. The van der Waals surface area contributed by atoms with Crippen LogP contribution < -0.4 is 11.2 Å². The summed E-state index contributed by atoms with van der Waals surface area (Å²) in [6.07, 6.45) is -1.10. The molecule has 1 aromatic rings. The van der Waals surface area contributed by atoms with E-state index in [0.717, 1.165) is 22.4 Å². The Balaban J connectivity index is 2.11. The molecule has 8 nitrogen and oxygen atoms in total. The number of hydrogen-bond donors (Lipinski definition) is 3. The molecule has 4 atom stereocenters. The number of ether oxygens (including phenoxy) is 1. The fourth-order valence-corrected chi connectivity index (χ4v) is 3.50. The lowest BCUT2D eigenvalue weighted by atomic mass is 10.1. The minimum Gasteiger partial charge on any atom is -0.464 e. The number of aromatic amines is 1. The molecule has 1 aromatic heterocycles. The zero-order chi connectivity index (χ0) is 16.4. The summed E-state index contributed by atoms with van der Waals surface area (Å²) in [6, 6.07) is 1.16. The number of aliphatic hydroxyl groups excluding tert-OH is 2. The number of hydrogen-bond acceptors (Lipinski definition) is 7. The molecule has 122 valence electrons. The van der Waals surface area contributed by atoms with Gasteiger partial charge in [-0.25, -0.2) is 4.79 Å². The first kappa shape index (κ1) is 16.8. The van der Waals surface area contributed by atoms with E-state index in [2.05, 4.69) is 4.98 Å². The zero-order valence-electron chi connectivity index (χ0n) is 12.1. The zero-order valence-corrected chi connectivity index (χ0v) is 12.9. The maximum atomic E-state index is 11.8. The van der Waals surface area contributed by atoms with Gasteiger partial charge in [0.05, 0.1) is 17.3 Å². The van der Waals surface area contributed by atoms with Gasteiger partial charge in [0.1, 0.15) is 18.1 Å². The summed E-state index contributed by atoms with van der Waals surface area (Å²) < 4.78 is 6.21. The lowest BCUT2D eigenvalue weighted by Crippen LogP contribution is -2.37. The van der Waals surface area contributed by atoms with E-state index in [1.807, 2.05) is 0 Å². The Labute approximate surface area is 130 Å². The largest absolute Gasteiger partial charge is 0.464 e. The van der Waals surface area contributed by atoms with Gasteiger partial charge in [-0.15, -0.1) is 11.8 Å². The Morgan fingerprint density at radius 1 is 1.41 bits per heavy atom. The first-order valence-corrected chi connectivity index (χ1v) is 7.75. The second kappa shape index (κ2) is 6.67. The second-order valence-corrected chi connectivity index (χ2v) is 6.71. The highest BCUT2D eigenvalue weighted by Crippen LogP contribution is 2.41. The molecule has 0 bridgehead atoms. The van der Waals surface area contributed by atoms with E-state index in [4.69, 9.17) is 4.74 Å². The predicted molar refractivity (Wildman–Crippen MR) is 79.5 cm³/mol. The smallest absolute Gasteiger partial charge is 0.329 e. The molecule has 0 saturated carbocycles. The molecule has 2 unspecified atom stereocenters. The van der Waals surface area contributed by atoms with Crippen LogP contribution in [0.4, 0.5) is 0 Å². The maximum absolute atomic E-state index is 11.8. The van der Waals surface area contributed by atoms with E-state index >= 15 is 0 Å². The SMILES string of the molecule is CC(C)C(=O)OC[C@H]1S[C@@H](n2ccc(=O)[nH]c2=O)C(O)C1O. The van der Waals surface area contributed by atoms with Gasteiger partial charge in [0, 0.05) is 12.3 Å². The Bertz CT molecular complexity index is 654. The van der Waals surface area contributed by atoms with Crippen molar-refractivity contribution in [3.8, 4) is 0 Å². The van der Waals surface area contributed by atoms with Crippen molar-refractivity contribution in [1.29, 1.82) is 0 Å². The summed E-state index contributed by atoms with van der Waals surface area (Å²) in [6.45, 7) is 3.32. The molecule has 22 heavy (non-hydrogen) atoms. The quantitative estimate of drug-likeness (QED) is 0.610. The third kappa shape index (κ3) is 3.42. The van der Waals surface area contributed by atoms with E-state index in [-0.39, 0.29) is 12.5 Å². The van der Waals surface area contributed by atoms with Crippen LogP contribution in [-0.2, 0) is 9.53 Å². The Morgan fingerprint density at radius 3 is 2.68 bits per heavy atom. The molecular weight excluding hydrogens is 312 g/mol. The van der Waals surface area contributed by atoms with Gasteiger partial charge >= 0.3 is 11.7 Å². The van der Waals surface area contributed by atoms with Gasteiger partial charge in [0.25, 0.3) is 5.56 Å². The predicted octanol–water partition coefficient (Wildman–Crippen LogP) is -0.928. The number of aliphatic hydroxyl groups is 2. The van der Waals surface area contributed by atoms with Gasteiger partial charge in [0.2, 0.25) is 0 Å². The fourth-order valence-electron chi connectivity index (χ4n) is 2.06. The molecule has 2 rings (SSSR count). The van der Waals surface area contributed by atoms with Crippen LogP contribution in [0.2, 0.25) is 0 Å². The van der Waals surface area contributed by atoms with Gasteiger partial charge in [0.15, 0.2) is 0 Å². The molecule has 0 aliphatic carbocycles. The van der Waals surface area contributed by atoms with Crippen molar-refractivity contribution in [1.82, 2.24) is 9.55 Å². The summed E-state index contributed by atoms with van der Waals surface area (Å²) in [5.41, 5.74) is -1.21. The highest BCUT2D eigenvalue weighted by Gasteiger charge is 2.44. The van der Waals surface area contributed by atoms with E-state index in [1.54, 1.807) is 13.8 Å². The molecule has 0 spiro atoms. The van der Waals surface area contributed by atoms with E-state index in [0.29, 0.717) is 0 Å². The molecule has 1 fully saturated rings. The van der Waals surface area contributed by atoms with Gasteiger partial charge in [-0.1, -0.05) is 13.8 Å². The van der Waals surface area contributed by atoms with E-state index < -0.39 is 40.1 Å². The Kier molecular flexibility index (Phi) is 5.09. The van der Waals surface area contributed by atoms with Gasteiger partial charge in [-0.2, -0.15) is 0 Å². The number of nitrogens with zero attached hydrogens (tertiary/aromatic N) is 1. The van der Waals surface area contributed by atoms with Crippen LogP contribution >= 0.6 is 11.8 Å². The number of rotatable bonds is 4. The van der Waals surface area contributed by atoms with Gasteiger partial charge in [-0.3, -0.25) is 19.1 Å². The molecule has 3 N–H and O–H groups in total. The van der Waals surface area contributed by atoms with Gasteiger partial charge in [-0.05, 0) is 0 Å². The van der Waals surface area contributed by atoms with Crippen LogP contribution in [0, 0.1) is 5.92 Å². The summed E-state index contributed by atoms with van der Waals surface area (Å²) in [7, 11) is 0. The maximum Gasteiger partial charge on any atom is 0.329 e. The van der Waals surface area contributed by atoms with Crippen LogP contribution in [0.15, 0.2) is 21.9 Å². The van der Waals surface area contributed by atoms with E-state index in [1.165, 1.54) is 6.20 Å². The number of carbonyl (C=O) groups excluding carboxylic acids is 1. The number of esters is 1. The number of thioether (sulfide) groups is 1. The number of carbonyl (C=O) groups is 1. The summed E-state index contributed by atoms with van der Waals surface area (Å²) >= 11 is 1.12. The van der Waals surface area contributed by atoms with E-state index in [9.17, 15) is 24.6 Å². The van der Waals surface area contributed by atoms with Crippen LogP contribution in [0.25, 0.3) is 0 Å². The minimum atomic E-state index is -1.21. The van der Waals surface area contributed by atoms with Crippen LogP contribution in [0.1, 0.15) is 19.2 Å². The van der Waals surface area contributed by atoms with Crippen molar-refractivity contribution in [3.05, 3.63) is 33.1 Å². The first-order valence-electron chi connectivity index (χ1n) is 6.81. The van der Waals surface area contributed by atoms with Crippen molar-refractivity contribution < 1.29 is 19.7 Å². The Hall–Kier alpha value is -1.58. The highest BCUT2D eigenvalue weighted by atomic mass is 32.2. The monoisotopic (exact) mass is 330 g/mol. The molecular formula is C13H18N2O6S. The molecule has 9 heteroatoms. The van der Waals surface area contributed by atoms with Crippen molar-refractivity contribution in [2.24, 2.45) is 5.92 Å². The molecule has 0 radical (unpaired) electrons. The average Bonchev–Trinajstić information content (AvgIpc) is 2.73.